The van der Waals surface area contributed by atoms with Crippen LogP contribution < -0.4 is 10.3 Å². The number of nitrogens with one attached hydrogen (secondary N) is 1. The van der Waals surface area contributed by atoms with E-state index in [1.807, 2.05) is 48.1 Å². The summed E-state index contributed by atoms with van der Waals surface area (Å²) >= 11 is 0. The van der Waals surface area contributed by atoms with E-state index in [2.05, 4.69) is 42.3 Å². The number of likely N-dealkylation sites (N-methyl/N-ethyl adjacent to an activating group) is 1. The van der Waals surface area contributed by atoms with E-state index < -0.39 is 0 Å². The number of hydrogen-bond acceptors (Lipinski definition) is 3. The second-order valence-electron chi connectivity index (χ2n) is 8.46. The Morgan fingerprint density at radius 3 is 2.62 bits per heavy atom. The molecular weight excluding hydrogens is 403 g/mol. The molecule has 164 valence electrons. The molecule has 0 fully saturated rings. The molecule has 5 nitrogen and oxygen atoms in total. The van der Waals surface area contributed by atoms with E-state index in [-0.39, 0.29) is 17.3 Å². The molecule has 1 N–H and O–H groups in total. The van der Waals surface area contributed by atoms with Gasteiger partial charge in [-0.15, -0.1) is 0 Å². The summed E-state index contributed by atoms with van der Waals surface area (Å²) in [6, 6.07) is 14.4. The van der Waals surface area contributed by atoms with Gasteiger partial charge in [0.2, 0.25) is 0 Å². The molecule has 1 aliphatic heterocycles. The molecule has 0 atom stereocenters. The maximum absolute atomic E-state index is 14.9. The quantitative estimate of drug-likeness (QED) is 0.435. The van der Waals surface area contributed by atoms with E-state index >= 15 is 0 Å². The van der Waals surface area contributed by atoms with Gasteiger partial charge < -0.3 is 9.47 Å². The third-order valence-electron chi connectivity index (χ3n) is 5.79. The molecule has 0 saturated heterocycles. The fourth-order valence-electron chi connectivity index (χ4n) is 4.33. The topological polar surface area (TPSA) is 49.6 Å². The van der Waals surface area contributed by atoms with Gasteiger partial charge in [0.15, 0.2) is 0 Å². The summed E-state index contributed by atoms with van der Waals surface area (Å²) in [5.74, 6) is -0.732. The smallest absolute Gasteiger partial charge is 0.271 e. The van der Waals surface area contributed by atoms with Crippen molar-refractivity contribution in [2.24, 2.45) is 5.10 Å². The summed E-state index contributed by atoms with van der Waals surface area (Å²) in [6.45, 7) is 9.11. The van der Waals surface area contributed by atoms with Crippen LogP contribution in [0, 0.1) is 5.82 Å². The largest absolute Gasteiger partial charge is 0.363 e. The summed E-state index contributed by atoms with van der Waals surface area (Å²) < 4.78 is 16.8. The van der Waals surface area contributed by atoms with Crippen LogP contribution in [0.25, 0.3) is 11.3 Å². The van der Waals surface area contributed by atoms with Gasteiger partial charge in [-0.2, -0.15) is 5.10 Å². The number of rotatable bonds is 5. The molecule has 2 heterocycles. The highest BCUT2D eigenvalue weighted by Gasteiger charge is 2.30. The Morgan fingerprint density at radius 1 is 1.16 bits per heavy atom. The number of aromatic nitrogens is 1. The fourth-order valence-corrected chi connectivity index (χ4v) is 4.33. The van der Waals surface area contributed by atoms with Crippen LogP contribution in [0.1, 0.15) is 49.2 Å². The summed E-state index contributed by atoms with van der Waals surface area (Å²) in [5.41, 5.74) is 6.93. The number of carbonyl (C=O) groups excluding carboxylic acids is 1. The van der Waals surface area contributed by atoms with E-state index in [1.165, 1.54) is 6.21 Å². The Labute approximate surface area is 187 Å². The highest BCUT2D eigenvalue weighted by Crippen LogP contribution is 2.39. The number of nitrogens with zero attached hydrogens (tertiary/aromatic N) is 3. The lowest BCUT2D eigenvalue weighted by Crippen LogP contribution is -2.45. The van der Waals surface area contributed by atoms with Crippen LogP contribution in [0.3, 0.4) is 0 Å². The predicted molar refractivity (Wildman–Crippen MR) is 128 cm³/mol. The number of halogens is 1. The molecule has 0 aliphatic carbocycles. The van der Waals surface area contributed by atoms with Gasteiger partial charge in [0, 0.05) is 47.0 Å². The van der Waals surface area contributed by atoms with Crippen molar-refractivity contribution >= 4 is 23.4 Å². The molecule has 0 unspecified atom stereocenters. The first-order valence-electron chi connectivity index (χ1n) is 10.7. The van der Waals surface area contributed by atoms with Gasteiger partial charge in [0.25, 0.3) is 5.91 Å². The third kappa shape index (κ3) is 4.08. The molecule has 0 spiro atoms. The zero-order chi connectivity index (χ0) is 22.9. The average Bonchev–Trinajstić information content (AvgIpc) is 3.29. The normalized spacial score (nSPS) is 14.9. The number of hydrazone groups is 1. The number of anilines is 1. The monoisotopic (exact) mass is 430 g/mol. The minimum absolute atomic E-state index is 0.183. The Balaban J connectivity index is 1.54. The molecule has 2 aromatic carbocycles. The molecule has 6 heteroatoms. The van der Waals surface area contributed by atoms with Gasteiger partial charge >= 0.3 is 0 Å². The predicted octanol–water partition coefficient (Wildman–Crippen LogP) is 5.40. The summed E-state index contributed by atoms with van der Waals surface area (Å²) in [6.07, 6.45) is 7.36. The third-order valence-corrected chi connectivity index (χ3v) is 5.79. The molecule has 1 amide bonds. The highest BCUT2D eigenvalue weighted by molar-refractivity contribution is 5.95. The van der Waals surface area contributed by atoms with E-state index in [4.69, 9.17) is 0 Å². The molecule has 3 aromatic rings. The number of carbonyl (C=O) groups is 1. The van der Waals surface area contributed by atoms with Crippen LogP contribution in [0.4, 0.5) is 10.1 Å². The molecule has 4 rings (SSSR count). The van der Waals surface area contributed by atoms with E-state index in [9.17, 15) is 9.18 Å². The Morgan fingerprint density at radius 2 is 1.91 bits per heavy atom. The second-order valence-corrected chi connectivity index (χ2v) is 8.46. The van der Waals surface area contributed by atoms with E-state index in [0.717, 1.165) is 29.1 Å². The van der Waals surface area contributed by atoms with Crippen molar-refractivity contribution in [3.05, 3.63) is 89.5 Å². The maximum atomic E-state index is 14.9. The van der Waals surface area contributed by atoms with Gasteiger partial charge in [0.05, 0.1) is 11.8 Å². The van der Waals surface area contributed by atoms with Gasteiger partial charge in [-0.25, -0.2) is 9.82 Å². The van der Waals surface area contributed by atoms with Gasteiger partial charge in [-0.1, -0.05) is 12.1 Å². The number of benzene rings is 2. The maximum Gasteiger partial charge on any atom is 0.271 e. The van der Waals surface area contributed by atoms with Crippen LogP contribution >= 0.6 is 0 Å². The van der Waals surface area contributed by atoms with Crippen molar-refractivity contribution in [2.45, 2.75) is 33.2 Å². The molecule has 1 aliphatic rings. The Bertz CT molecular complexity index is 1210. The summed E-state index contributed by atoms with van der Waals surface area (Å²) in [5, 5.41) is 4.01. The highest BCUT2D eigenvalue weighted by atomic mass is 19.1. The lowest BCUT2D eigenvalue weighted by Gasteiger charge is -2.42. The van der Waals surface area contributed by atoms with Crippen molar-refractivity contribution in [3.63, 3.8) is 0 Å². The van der Waals surface area contributed by atoms with Crippen LogP contribution in [-0.2, 0) is 0 Å². The summed E-state index contributed by atoms with van der Waals surface area (Å²) in [4.78, 5) is 14.7. The molecule has 1 aromatic heterocycles. The number of allylic oxidation sites excluding steroid dienone is 1. The average molecular weight is 431 g/mol. The standard InChI is InChI=1S/C26H27FN4O/c1-5-31-24-15-23(27)20(14-22(24)18(2)16-26(31,3)4)17-28-29-25(32)19-9-8-10-21(13-19)30-11-6-7-12-30/h6-17H,5H2,1-4H3,(H,29,32)/b28-17+. The molecular formula is C26H27FN4O. The molecule has 32 heavy (non-hydrogen) atoms. The van der Waals surface area contributed by atoms with Gasteiger partial charge in [-0.3, -0.25) is 4.79 Å². The van der Waals surface area contributed by atoms with Crippen molar-refractivity contribution in [1.29, 1.82) is 0 Å². The zero-order valence-electron chi connectivity index (χ0n) is 18.8. The SMILES string of the molecule is CCN1c2cc(F)c(/C=N/NC(=O)c3cccc(-n4cccc4)c3)cc2C(C)=CC1(C)C. The minimum atomic E-state index is -0.375. The van der Waals surface area contributed by atoms with Crippen molar-refractivity contribution in [3.8, 4) is 5.69 Å². The first kappa shape index (κ1) is 21.6. The van der Waals surface area contributed by atoms with Crippen LogP contribution in [-0.4, -0.2) is 28.8 Å². The van der Waals surface area contributed by atoms with Crippen molar-refractivity contribution in [1.82, 2.24) is 9.99 Å². The first-order chi connectivity index (χ1) is 15.3. The van der Waals surface area contributed by atoms with Crippen LogP contribution in [0.5, 0.6) is 0 Å². The Kier molecular flexibility index (Phi) is 5.70. The number of fused-ring (bicyclic) bond motifs is 1. The van der Waals surface area contributed by atoms with E-state index in [0.29, 0.717) is 11.1 Å². The number of amides is 1. The van der Waals surface area contributed by atoms with E-state index in [1.54, 1.807) is 24.3 Å². The van der Waals surface area contributed by atoms with Gasteiger partial charge in [-0.05, 0) is 75.7 Å². The molecule has 0 bridgehead atoms. The van der Waals surface area contributed by atoms with Crippen molar-refractivity contribution in [2.75, 3.05) is 11.4 Å². The lowest BCUT2D eigenvalue weighted by atomic mass is 9.88. The molecule has 0 radical (unpaired) electrons. The number of hydrogen-bond donors (Lipinski definition) is 1. The van der Waals surface area contributed by atoms with Crippen molar-refractivity contribution < 1.29 is 9.18 Å². The first-order valence-corrected chi connectivity index (χ1v) is 10.7. The van der Waals surface area contributed by atoms with Crippen LogP contribution in [0.15, 0.2) is 72.1 Å². The minimum Gasteiger partial charge on any atom is -0.363 e. The lowest BCUT2D eigenvalue weighted by molar-refractivity contribution is 0.0955. The fraction of sp³-hybridized carbons (Fsp3) is 0.231. The Hall–Kier alpha value is -3.67. The van der Waals surface area contributed by atoms with Crippen LogP contribution in [0.2, 0.25) is 0 Å². The second kappa shape index (κ2) is 8.46. The van der Waals surface area contributed by atoms with Gasteiger partial charge in [0.1, 0.15) is 5.82 Å². The molecule has 0 saturated carbocycles. The summed E-state index contributed by atoms with van der Waals surface area (Å²) in [7, 11) is 0. The zero-order valence-corrected chi connectivity index (χ0v) is 18.8.